The topological polar surface area (TPSA) is 74.6 Å². The Morgan fingerprint density at radius 2 is 1.75 bits per heavy atom. The minimum absolute atomic E-state index is 0.191. The van der Waals surface area contributed by atoms with E-state index in [4.69, 9.17) is 0 Å². The molecule has 2 aromatic rings. The summed E-state index contributed by atoms with van der Waals surface area (Å²) in [6, 6.07) is 1.58. The fraction of sp³-hybridized carbons (Fsp3) is 0.286. The van der Waals surface area contributed by atoms with Gasteiger partial charge in [-0.3, -0.25) is 9.59 Å². The lowest BCUT2D eigenvalue weighted by molar-refractivity contribution is 0.0981. The number of rotatable bonds is 2. The zero-order valence-corrected chi connectivity index (χ0v) is 12.5. The fourth-order valence-electron chi connectivity index (χ4n) is 2.27. The maximum Gasteiger partial charge on any atom is 0.214 e. The fourth-order valence-corrected chi connectivity index (χ4v) is 4.47. The van der Waals surface area contributed by atoms with E-state index in [9.17, 15) is 19.8 Å². The molecule has 2 aromatic heterocycles. The third-order valence-electron chi connectivity index (χ3n) is 3.32. The molecule has 0 saturated carbocycles. The van der Waals surface area contributed by atoms with Gasteiger partial charge in [0.15, 0.2) is 5.78 Å². The number of carbonyl (C=O) groups excluding carboxylic acids is 2. The molecule has 1 aliphatic rings. The van der Waals surface area contributed by atoms with E-state index in [2.05, 4.69) is 0 Å². The summed E-state index contributed by atoms with van der Waals surface area (Å²) in [4.78, 5) is 26.4. The van der Waals surface area contributed by atoms with Crippen molar-refractivity contribution < 1.29 is 19.8 Å². The monoisotopic (exact) mass is 308 g/mol. The molecule has 2 atom stereocenters. The summed E-state index contributed by atoms with van der Waals surface area (Å²) < 4.78 is 0. The molecular formula is C14H12O4S2. The molecular weight excluding hydrogens is 296 g/mol. The third-order valence-corrected chi connectivity index (χ3v) is 5.62. The Labute approximate surface area is 123 Å². The molecule has 0 aromatic carbocycles. The lowest BCUT2D eigenvalue weighted by Crippen LogP contribution is -2.18. The first-order chi connectivity index (χ1) is 9.41. The minimum atomic E-state index is -0.789. The highest BCUT2D eigenvalue weighted by molar-refractivity contribution is 7.18. The first-order valence-electron chi connectivity index (χ1n) is 6.12. The smallest absolute Gasteiger partial charge is 0.214 e. The standard InChI is InChI=1S/C14H12O4S2/c1-5(15)8-4-19-14-10(8)11(17)7-3-9(6(2)16)20-13(7)12(14)18/h3-6,15-16H,1-2H3. The lowest BCUT2D eigenvalue weighted by Gasteiger charge is -2.12. The first kappa shape index (κ1) is 13.6. The molecule has 6 heteroatoms. The number of ketones is 2. The van der Waals surface area contributed by atoms with Crippen LogP contribution < -0.4 is 0 Å². The van der Waals surface area contributed by atoms with Crippen LogP contribution in [0.4, 0.5) is 0 Å². The highest BCUT2D eigenvalue weighted by Crippen LogP contribution is 2.40. The van der Waals surface area contributed by atoms with Gasteiger partial charge in [0.05, 0.1) is 27.5 Å². The van der Waals surface area contributed by atoms with Gasteiger partial charge in [0.1, 0.15) is 0 Å². The third kappa shape index (κ3) is 1.80. The molecule has 0 radical (unpaired) electrons. The maximum atomic E-state index is 12.5. The SMILES string of the molecule is CC(O)c1cc2c(s1)C(=O)c1scc(C(C)O)c1C2=O. The van der Waals surface area contributed by atoms with Crippen LogP contribution in [0.15, 0.2) is 11.4 Å². The number of hydrogen-bond donors (Lipinski definition) is 2. The molecule has 2 N–H and O–H groups in total. The molecule has 0 fully saturated rings. The number of aliphatic hydroxyl groups excluding tert-OH is 2. The van der Waals surface area contributed by atoms with Crippen LogP contribution in [0.3, 0.4) is 0 Å². The molecule has 0 bridgehead atoms. The van der Waals surface area contributed by atoms with Crippen molar-refractivity contribution in [1.82, 2.24) is 0 Å². The second kappa shape index (κ2) is 4.60. The van der Waals surface area contributed by atoms with Gasteiger partial charge in [0.2, 0.25) is 5.78 Å². The Kier molecular flexibility index (Phi) is 3.13. The number of aliphatic hydroxyl groups is 2. The lowest BCUT2D eigenvalue weighted by atomic mass is 9.91. The summed E-state index contributed by atoms with van der Waals surface area (Å²) in [5.74, 6) is -0.432. The van der Waals surface area contributed by atoms with Gasteiger partial charge in [-0.1, -0.05) is 0 Å². The van der Waals surface area contributed by atoms with Crippen LogP contribution in [0.25, 0.3) is 0 Å². The molecule has 0 saturated heterocycles. The Morgan fingerprint density at radius 1 is 1.05 bits per heavy atom. The van der Waals surface area contributed by atoms with Crippen molar-refractivity contribution in [2.24, 2.45) is 0 Å². The normalized spacial score (nSPS) is 16.8. The predicted molar refractivity (Wildman–Crippen MR) is 76.8 cm³/mol. The summed E-state index contributed by atoms with van der Waals surface area (Å²) in [5, 5.41) is 21.0. The van der Waals surface area contributed by atoms with Crippen molar-refractivity contribution in [1.29, 1.82) is 0 Å². The van der Waals surface area contributed by atoms with Crippen molar-refractivity contribution in [3.05, 3.63) is 42.8 Å². The Morgan fingerprint density at radius 3 is 2.35 bits per heavy atom. The molecule has 4 nitrogen and oxygen atoms in total. The van der Waals surface area contributed by atoms with Gasteiger partial charge in [-0.05, 0) is 25.3 Å². The van der Waals surface area contributed by atoms with Crippen molar-refractivity contribution in [2.75, 3.05) is 0 Å². The van der Waals surface area contributed by atoms with Crippen molar-refractivity contribution >= 4 is 34.2 Å². The number of carbonyl (C=O) groups is 2. The van der Waals surface area contributed by atoms with Gasteiger partial charge in [0, 0.05) is 16.0 Å². The number of hydrogen-bond acceptors (Lipinski definition) is 6. The van der Waals surface area contributed by atoms with E-state index in [1.807, 2.05) is 0 Å². The summed E-state index contributed by atoms with van der Waals surface area (Å²) in [5.41, 5.74) is 1.15. The summed E-state index contributed by atoms with van der Waals surface area (Å²) in [6.07, 6.45) is -1.50. The van der Waals surface area contributed by atoms with Crippen LogP contribution in [0.5, 0.6) is 0 Å². The molecule has 3 rings (SSSR count). The molecule has 1 aliphatic carbocycles. The molecule has 0 aliphatic heterocycles. The molecule has 20 heavy (non-hydrogen) atoms. The van der Waals surface area contributed by atoms with Crippen LogP contribution in [0.2, 0.25) is 0 Å². The maximum absolute atomic E-state index is 12.5. The predicted octanol–water partition coefficient (Wildman–Crippen LogP) is 2.69. The second-order valence-corrected chi connectivity index (χ2v) is 6.76. The van der Waals surface area contributed by atoms with Crippen LogP contribution in [-0.4, -0.2) is 21.8 Å². The second-order valence-electron chi connectivity index (χ2n) is 4.80. The Bertz CT molecular complexity index is 718. The summed E-state index contributed by atoms with van der Waals surface area (Å²) in [6.45, 7) is 3.17. The van der Waals surface area contributed by atoms with Gasteiger partial charge < -0.3 is 10.2 Å². The van der Waals surface area contributed by atoms with Crippen molar-refractivity contribution in [3.8, 4) is 0 Å². The average molecular weight is 308 g/mol. The van der Waals surface area contributed by atoms with E-state index in [0.717, 1.165) is 11.3 Å². The van der Waals surface area contributed by atoms with Crippen LogP contribution in [0.1, 0.15) is 67.0 Å². The van der Waals surface area contributed by atoms with Crippen molar-refractivity contribution in [3.63, 3.8) is 0 Å². The van der Waals surface area contributed by atoms with E-state index in [-0.39, 0.29) is 11.6 Å². The first-order valence-corrected chi connectivity index (χ1v) is 7.82. The summed E-state index contributed by atoms with van der Waals surface area (Å²) >= 11 is 2.35. The quantitative estimate of drug-likeness (QED) is 0.763. The number of fused-ring (bicyclic) bond motifs is 2. The summed E-state index contributed by atoms with van der Waals surface area (Å²) in [7, 11) is 0. The molecule has 2 unspecified atom stereocenters. The zero-order chi connectivity index (χ0) is 14.6. The highest BCUT2D eigenvalue weighted by atomic mass is 32.1. The van der Waals surface area contributed by atoms with E-state index >= 15 is 0 Å². The molecule has 0 spiro atoms. The van der Waals surface area contributed by atoms with Gasteiger partial charge in [-0.15, -0.1) is 22.7 Å². The number of thiophene rings is 2. The van der Waals surface area contributed by atoms with E-state index in [0.29, 0.717) is 31.3 Å². The van der Waals surface area contributed by atoms with Crippen LogP contribution in [-0.2, 0) is 0 Å². The van der Waals surface area contributed by atoms with Gasteiger partial charge >= 0.3 is 0 Å². The average Bonchev–Trinajstić information content (AvgIpc) is 3.00. The van der Waals surface area contributed by atoms with Gasteiger partial charge in [0.25, 0.3) is 0 Å². The zero-order valence-electron chi connectivity index (χ0n) is 10.8. The van der Waals surface area contributed by atoms with E-state index < -0.39 is 12.2 Å². The molecule has 0 amide bonds. The van der Waals surface area contributed by atoms with Crippen LogP contribution in [0, 0.1) is 0 Å². The molecule has 104 valence electrons. The van der Waals surface area contributed by atoms with Crippen LogP contribution >= 0.6 is 22.7 Å². The van der Waals surface area contributed by atoms with Gasteiger partial charge in [-0.2, -0.15) is 0 Å². The Hall–Kier alpha value is -1.34. The van der Waals surface area contributed by atoms with Gasteiger partial charge in [-0.25, -0.2) is 0 Å². The van der Waals surface area contributed by atoms with E-state index in [1.165, 1.54) is 11.3 Å². The largest absolute Gasteiger partial charge is 0.389 e. The van der Waals surface area contributed by atoms with E-state index in [1.54, 1.807) is 25.3 Å². The Balaban J connectivity index is 2.21. The minimum Gasteiger partial charge on any atom is -0.389 e. The highest BCUT2D eigenvalue weighted by Gasteiger charge is 2.36. The van der Waals surface area contributed by atoms with Crippen molar-refractivity contribution in [2.45, 2.75) is 26.1 Å². The molecule has 2 heterocycles.